The van der Waals surface area contributed by atoms with Crippen molar-refractivity contribution < 1.29 is 9.47 Å². The van der Waals surface area contributed by atoms with Crippen LogP contribution >= 0.6 is 15.9 Å². The van der Waals surface area contributed by atoms with Crippen LogP contribution in [0.25, 0.3) is 0 Å². The molecule has 0 spiro atoms. The summed E-state index contributed by atoms with van der Waals surface area (Å²) < 4.78 is 11.5. The Morgan fingerprint density at radius 3 is 3.11 bits per heavy atom. The van der Waals surface area contributed by atoms with Gasteiger partial charge in [0.15, 0.2) is 0 Å². The molecule has 1 aromatic rings. The van der Waals surface area contributed by atoms with Crippen LogP contribution in [0.3, 0.4) is 0 Å². The van der Waals surface area contributed by atoms with Crippen LogP contribution in [0.15, 0.2) is 10.7 Å². The van der Waals surface area contributed by atoms with Crippen LogP contribution in [-0.4, -0.2) is 48.9 Å². The molecule has 100 valence electrons. The maximum absolute atomic E-state index is 5.86. The lowest BCUT2D eigenvalue weighted by molar-refractivity contribution is 0.0270. The lowest BCUT2D eigenvalue weighted by Gasteiger charge is -2.34. The first-order valence-electron chi connectivity index (χ1n) is 5.80. The summed E-state index contributed by atoms with van der Waals surface area (Å²) in [6.07, 6.45) is 1.70. The number of ether oxygens (including phenoxy) is 2. The van der Waals surface area contributed by atoms with Crippen molar-refractivity contribution in [1.29, 1.82) is 0 Å². The van der Waals surface area contributed by atoms with E-state index in [0.29, 0.717) is 25.0 Å². The number of nitrogens with zero attached hydrogens (tertiary/aromatic N) is 3. The molecule has 1 fully saturated rings. The fraction of sp³-hybridized carbons (Fsp3) is 0.636. The Kier molecular flexibility index (Phi) is 4.36. The molecule has 7 heteroatoms. The van der Waals surface area contributed by atoms with E-state index in [4.69, 9.17) is 15.2 Å². The number of halogens is 1. The van der Waals surface area contributed by atoms with Crippen LogP contribution in [0.1, 0.15) is 6.92 Å². The Morgan fingerprint density at radius 1 is 1.67 bits per heavy atom. The third-order valence-corrected chi connectivity index (χ3v) is 3.40. The van der Waals surface area contributed by atoms with Crippen molar-refractivity contribution in [2.75, 3.05) is 31.7 Å². The van der Waals surface area contributed by atoms with Crippen LogP contribution in [0.5, 0.6) is 5.88 Å². The van der Waals surface area contributed by atoms with Gasteiger partial charge in [0.05, 0.1) is 30.5 Å². The monoisotopic (exact) mass is 316 g/mol. The van der Waals surface area contributed by atoms with Crippen molar-refractivity contribution in [3.8, 4) is 5.88 Å². The fourth-order valence-electron chi connectivity index (χ4n) is 1.81. The summed E-state index contributed by atoms with van der Waals surface area (Å²) in [5.41, 5.74) is 5.86. The minimum Gasteiger partial charge on any atom is -0.480 e. The molecule has 1 saturated heterocycles. The molecule has 0 bridgehead atoms. The summed E-state index contributed by atoms with van der Waals surface area (Å²) in [5.74, 6) is 1.17. The van der Waals surface area contributed by atoms with Crippen molar-refractivity contribution >= 4 is 21.9 Å². The standard InChI is InChI=1S/C11H17BrN4O2/c1-7(13)9-6-16(3-4-18-9)11-14-5-8(12)10(15-11)17-2/h5,7,9H,3-4,6,13H2,1-2H3. The number of morpholine rings is 1. The largest absolute Gasteiger partial charge is 0.480 e. The predicted molar refractivity (Wildman–Crippen MR) is 71.9 cm³/mol. The molecule has 2 unspecified atom stereocenters. The molecule has 1 aromatic heterocycles. The van der Waals surface area contributed by atoms with Crippen LogP contribution in [0, 0.1) is 0 Å². The van der Waals surface area contributed by atoms with E-state index < -0.39 is 0 Å². The van der Waals surface area contributed by atoms with E-state index in [-0.39, 0.29) is 12.1 Å². The Hall–Kier alpha value is -0.920. The highest BCUT2D eigenvalue weighted by Gasteiger charge is 2.25. The molecule has 0 aromatic carbocycles. The molecule has 2 N–H and O–H groups in total. The summed E-state index contributed by atoms with van der Waals surface area (Å²) in [4.78, 5) is 10.7. The van der Waals surface area contributed by atoms with Gasteiger partial charge < -0.3 is 20.1 Å². The van der Waals surface area contributed by atoms with Crippen LogP contribution in [0.2, 0.25) is 0 Å². The SMILES string of the molecule is COc1nc(N2CCOC(C(C)N)C2)ncc1Br. The van der Waals surface area contributed by atoms with Crippen LogP contribution in [0.4, 0.5) is 5.95 Å². The average molecular weight is 317 g/mol. The number of hydrogen-bond donors (Lipinski definition) is 1. The molecule has 1 aliphatic heterocycles. The van der Waals surface area contributed by atoms with Crippen molar-refractivity contribution in [1.82, 2.24) is 9.97 Å². The highest BCUT2D eigenvalue weighted by Crippen LogP contribution is 2.24. The van der Waals surface area contributed by atoms with Gasteiger partial charge in [0.1, 0.15) is 0 Å². The molecule has 18 heavy (non-hydrogen) atoms. The minimum absolute atomic E-state index is 0.00913. The zero-order valence-electron chi connectivity index (χ0n) is 10.5. The topological polar surface area (TPSA) is 73.5 Å². The Balaban J connectivity index is 2.15. The first-order valence-corrected chi connectivity index (χ1v) is 6.59. The van der Waals surface area contributed by atoms with Gasteiger partial charge in [-0.15, -0.1) is 0 Å². The van der Waals surface area contributed by atoms with E-state index in [1.54, 1.807) is 13.3 Å². The molecule has 0 amide bonds. The third kappa shape index (κ3) is 2.90. The Labute approximate surface area is 115 Å². The average Bonchev–Trinajstić information content (AvgIpc) is 2.39. The van der Waals surface area contributed by atoms with Crippen molar-refractivity contribution in [3.63, 3.8) is 0 Å². The molecule has 1 aliphatic rings. The lowest BCUT2D eigenvalue weighted by Crippen LogP contribution is -2.50. The van der Waals surface area contributed by atoms with Crippen LogP contribution < -0.4 is 15.4 Å². The number of methoxy groups -OCH3 is 1. The van der Waals surface area contributed by atoms with Gasteiger partial charge in [0.25, 0.3) is 0 Å². The van der Waals surface area contributed by atoms with Crippen molar-refractivity contribution in [2.24, 2.45) is 5.73 Å². The lowest BCUT2D eigenvalue weighted by atomic mass is 10.1. The van der Waals surface area contributed by atoms with Crippen LogP contribution in [-0.2, 0) is 4.74 Å². The Morgan fingerprint density at radius 2 is 2.44 bits per heavy atom. The molecule has 2 atom stereocenters. The van der Waals surface area contributed by atoms with Gasteiger partial charge >= 0.3 is 0 Å². The summed E-state index contributed by atoms with van der Waals surface area (Å²) in [7, 11) is 1.58. The third-order valence-electron chi connectivity index (χ3n) is 2.86. The van der Waals surface area contributed by atoms with Gasteiger partial charge in [-0.3, -0.25) is 0 Å². The van der Waals surface area contributed by atoms with E-state index in [1.807, 2.05) is 6.92 Å². The highest BCUT2D eigenvalue weighted by atomic mass is 79.9. The molecule has 2 heterocycles. The highest BCUT2D eigenvalue weighted by molar-refractivity contribution is 9.10. The zero-order valence-corrected chi connectivity index (χ0v) is 12.1. The first kappa shape index (κ1) is 13.5. The van der Waals surface area contributed by atoms with Gasteiger partial charge in [0, 0.05) is 19.1 Å². The quantitative estimate of drug-likeness (QED) is 0.889. The Bertz CT molecular complexity index is 416. The molecule has 6 nitrogen and oxygen atoms in total. The van der Waals surface area contributed by atoms with E-state index >= 15 is 0 Å². The number of aromatic nitrogens is 2. The van der Waals surface area contributed by atoms with E-state index in [2.05, 4.69) is 30.8 Å². The van der Waals surface area contributed by atoms with E-state index in [0.717, 1.165) is 11.0 Å². The van der Waals surface area contributed by atoms with Crippen molar-refractivity contribution in [3.05, 3.63) is 10.7 Å². The van der Waals surface area contributed by atoms with E-state index in [1.165, 1.54) is 0 Å². The summed E-state index contributed by atoms with van der Waals surface area (Å²) in [6, 6.07) is -0.00913. The normalized spacial score (nSPS) is 21.8. The first-order chi connectivity index (χ1) is 8.61. The smallest absolute Gasteiger partial charge is 0.232 e. The maximum atomic E-state index is 5.86. The fourth-order valence-corrected chi connectivity index (χ4v) is 2.17. The molecular weight excluding hydrogens is 300 g/mol. The van der Waals surface area contributed by atoms with Gasteiger partial charge in [-0.1, -0.05) is 0 Å². The number of rotatable bonds is 3. The second-order valence-electron chi connectivity index (χ2n) is 4.24. The van der Waals surface area contributed by atoms with Gasteiger partial charge in [-0.2, -0.15) is 4.98 Å². The number of anilines is 1. The van der Waals surface area contributed by atoms with Gasteiger partial charge in [-0.05, 0) is 22.9 Å². The molecular formula is C11H17BrN4O2. The summed E-state index contributed by atoms with van der Waals surface area (Å²) >= 11 is 3.34. The van der Waals surface area contributed by atoms with E-state index in [9.17, 15) is 0 Å². The minimum atomic E-state index is -0.00913. The van der Waals surface area contributed by atoms with Gasteiger partial charge in [0.2, 0.25) is 11.8 Å². The number of hydrogen-bond acceptors (Lipinski definition) is 6. The summed E-state index contributed by atoms with van der Waals surface area (Å²) in [6.45, 7) is 4.03. The number of nitrogens with two attached hydrogens (primary N) is 1. The van der Waals surface area contributed by atoms with Crippen molar-refractivity contribution in [2.45, 2.75) is 19.1 Å². The molecule has 0 aliphatic carbocycles. The second kappa shape index (κ2) is 5.81. The molecule has 2 rings (SSSR count). The molecule has 0 saturated carbocycles. The molecule has 0 radical (unpaired) electrons. The second-order valence-corrected chi connectivity index (χ2v) is 5.10. The zero-order chi connectivity index (χ0) is 13.1. The predicted octanol–water partition coefficient (Wildman–Crippen LogP) is 0.800. The van der Waals surface area contributed by atoms with Gasteiger partial charge in [-0.25, -0.2) is 4.98 Å². The maximum Gasteiger partial charge on any atom is 0.232 e. The summed E-state index contributed by atoms with van der Waals surface area (Å²) in [5, 5.41) is 0.